The Balaban J connectivity index is 2.78. The van der Waals surface area contributed by atoms with Crippen LogP contribution in [-0.4, -0.2) is 17.8 Å². The molecule has 0 radical (unpaired) electrons. The zero-order chi connectivity index (χ0) is 12.8. The third kappa shape index (κ3) is 4.49. The van der Waals surface area contributed by atoms with E-state index in [0.29, 0.717) is 16.5 Å². The van der Waals surface area contributed by atoms with Crippen molar-refractivity contribution in [2.24, 2.45) is 0 Å². The summed E-state index contributed by atoms with van der Waals surface area (Å²) in [6.07, 6.45) is 1.61. The first-order chi connectivity index (χ1) is 8.08. The Hall–Kier alpha value is -0.250. The summed E-state index contributed by atoms with van der Waals surface area (Å²) in [4.78, 5) is 12.0. The fourth-order valence-corrected chi connectivity index (χ4v) is 2.27. The number of carbonyl (C=O) groups excluding carboxylic acids is 1. The predicted octanol–water partition coefficient (Wildman–Crippen LogP) is 4.24. The van der Waals surface area contributed by atoms with Gasteiger partial charge in [-0.3, -0.25) is 4.79 Å². The highest BCUT2D eigenvalue weighted by atomic mass is 79.9. The second-order valence-corrected chi connectivity index (χ2v) is 5.38. The standard InChI is InChI=1S/C12H14BrCl2NO/c1-2-9(5-6-14)16-12(17)10-7-8(13)3-4-11(10)15/h3-4,7,9H,2,5-6H2,1H3,(H,16,17). The van der Waals surface area contributed by atoms with E-state index in [4.69, 9.17) is 23.2 Å². The largest absolute Gasteiger partial charge is 0.349 e. The highest BCUT2D eigenvalue weighted by Crippen LogP contribution is 2.21. The number of halogens is 3. The molecule has 1 aromatic carbocycles. The summed E-state index contributed by atoms with van der Waals surface area (Å²) < 4.78 is 0.831. The molecule has 0 aromatic heterocycles. The van der Waals surface area contributed by atoms with Gasteiger partial charge >= 0.3 is 0 Å². The highest BCUT2D eigenvalue weighted by Gasteiger charge is 2.14. The second kappa shape index (κ2) is 7.24. The molecule has 0 aliphatic rings. The van der Waals surface area contributed by atoms with E-state index in [9.17, 15) is 4.79 Å². The first-order valence-corrected chi connectivity index (χ1v) is 7.11. The first kappa shape index (κ1) is 14.8. The fourth-order valence-electron chi connectivity index (χ4n) is 1.44. The Morgan fingerprint density at radius 1 is 1.53 bits per heavy atom. The number of carbonyl (C=O) groups is 1. The van der Waals surface area contributed by atoms with Gasteiger partial charge in [0.15, 0.2) is 0 Å². The number of hydrogen-bond donors (Lipinski definition) is 1. The lowest BCUT2D eigenvalue weighted by molar-refractivity contribution is 0.0935. The minimum absolute atomic E-state index is 0.0926. The van der Waals surface area contributed by atoms with E-state index in [0.717, 1.165) is 17.3 Å². The van der Waals surface area contributed by atoms with Crippen LogP contribution in [0.15, 0.2) is 22.7 Å². The van der Waals surface area contributed by atoms with Gasteiger partial charge in [0.1, 0.15) is 0 Å². The summed E-state index contributed by atoms with van der Waals surface area (Å²) in [5.41, 5.74) is 0.481. The van der Waals surface area contributed by atoms with Gasteiger partial charge in [-0.05, 0) is 31.0 Å². The number of rotatable bonds is 5. The number of benzene rings is 1. The smallest absolute Gasteiger partial charge is 0.253 e. The van der Waals surface area contributed by atoms with Crippen molar-refractivity contribution in [1.82, 2.24) is 5.32 Å². The molecule has 94 valence electrons. The molecule has 0 aliphatic carbocycles. The Labute approximate surface area is 120 Å². The monoisotopic (exact) mass is 337 g/mol. The zero-order valence-corrected chi connectivity index (χ0v) is 12.6. The molecule has 1 unspecified atom stereocenters. The van der Waals surface area contributed by atoms with Crippen molar-refractivity contribution in [1.29, 1.82) is 0 Å². The molecular formula is C12H14BrCl2NO. The molecule has 1 aromatic rings. The Morgan fingerprint density at radius 3 is 2.82 bits per heavy atom. The minimum Gasteiger partial charge on any atom is -0.349 e. The van der Waals surface area contributed by atoms with Crippen LogP contribution in [-0.2, 0) is 0 Å². The van der Waals surface area contributed by atoms with Gasteiger partial charge in [0.05, 0.1) is 10.6 Å². The van der Waals surface area contributed by atoms with Crippen LogP contribution in [0.1, 0.15) is 30.1 Å². The van der Waals surface area contributed by atoms with Gasteiger partial charge in [0.25, 0.3) is 5.91 Å². The van der Waals surface area contributed by atoms with E-state index >= 15 is 0 Å². The molecule has 1 N–H and O–H groups in total. The van der Waals surface area contributed by atoms with E-state index in [1.807, 2.05) is 6.92 Å². The van der Waals surface area contributed by atoms with Crippen LogP contribution in [0.2, 0.25) is 5.02 Å². The summed E-state index contributed by atoms with van der Waals surface area (Å²) >= 11 is 15.0. The summed E-state index contributed by atoms with van der Waals surface area (Å²) in [5.74, 6) is 0.374. The molecule has 0 heterocycles. The maximum atomic E-state index is 12.0. The number of amides is 1. The van der Waals surface area contributed by atoms with E-state index in [1.54, 1.807) is 18.2 Å². The lowest BCUT2D eigenvalue weighted by Gasteiger charge is -2.16. The quantitative estimate of drug-likeness (QED) is 0.799. The third-order valence-electron chi connectivity index (χ3n) is 2.46. The van der Waals surface area contributed by atoms with Crippen molar-refractivity contribution in [2.45, 2.75) is 25.8 Å². The van der Waals surface area contributed by atoms with Gasteiger partial charge in [0.2, 0.25) is 0 Å². The Kier molecular flexibility index (Phi) is 6.31. The van der Waals surface area contributed by atoms with Crippen LogP contribution in [0.25, 0.3) is 0 Å². The number of alkyl halides is 1. The number of hydrogen-bond acceptors (Lipinski definition) is 1. The zero-order valence-electron chi connectivity index (χ0n) is 9.47. The van der Waals surface area contributed by atoms with Crippen LogP contribution in [0.4, 0.5) is 0 Å². The predicted molar refractivity (Wildman–Crippen MR) is 76.0 cm³/mol. The Morgan fingerprint density at radius 2 is 2.24 bits per heavy atom. The summed E-state index contributed by atoms with van der Waals surface area (Å²) in [6, 6.07) is 5.30. The maximum Gasteiger partial charge on any atom is 0.253 e. The van der Waals surface area contributed by atoms with Crippen LogP contribution in [0.5, 0.6) is 0 Å². The summed E-state index contributed by atoms with van der Waals surface area (Å²) in [7, 11) is 0. The molecule has 0 spiro atoms. The molecule has 0 saturated carbocycles. The third-order valence-corrected chi connectivity index (χ3v) is 3.50. The maximum absolute atomic E-state index is 12.0. The first-order valence-electron chi connectivity index (χ1n) is 5.40. The molecule has 0 aliphatic heterocycles. The summed E-state index contributed by atoms with van der Waals surface area (Å²) in [6.45, 7) is 2.01. The van der Waals surface area contributed by atoms with Crippen LogP contribution >= 0.6 is 39.1 Å². The number of nitrogens with one attached hydrogen (secondary N) is 1. The van der Waals surface area contributed by atoms with Gasteiger partial charge < -0.3 is 5.32 Å². The van der Waals surface area contributed by atoms with E-state index < -0.39 is 0 Å². The molecule has 0 saturated heterocycles. The van der Waals surface area contributed by atoms with Crippen molar-refractivity contribution in [2.75, 3.05) is 5.88 Å². The average Bonchev–Trinajstić information content (AvgIpc) is 2.31. The van der Waals surface area contributed by atoms with Crippen LogP contribution in [0, 0.1) is 0 Å². The van der Waals surface area contributed by atoms with Gasteiger partial charge in [-0.15, -0.1) is 11.6 Å². The van der Waals surface area contributed by atoms with Crippen molar-refractivity contribution in [3.63, 3.8) is 0 Å². The lowest BCUT2D eigenvalue weighted by atomic mass is 10.1. The fraction of sp³-hybridized carbons (Fsp3) is 0.417. The van der Waals surface area contributed by atoms with Crippen molar-refractivity contribution in [3.8, 4) is 0 Å². The van der Waals surface area contributed by atoms with E-state index in [1.165, 1.54) is 0 Å². The minimum atomic E-state index is -0.159. The highest BCUT2D eigenvalue weighted by molar-refractivity contribution is 9.10. The molecule has 2 nitrogen and oxygen atoms in total. The molecule has 0 bridgehead atoms. The van der Waals surface area contributed by atoms with Crippen LogP contribution < -0.4 is 5.32 Å². The SMILES string of the molecule is CCC(CCCl)NC(=O)c1cc(Br)ccc1Cl. The van der Waals surface area contributed by atoms with E-state index in [2.05, 4.69) is 21.2 Å². The van der Waals surface area contributed by atoms with Crippen molar-refractivity contribution >= 4 is 45.0 Å². The van der Waals surface area contributed by atoms with Gasteiger partial charge in [-0.1, -0.05) is 34.5 Å². The Bertz CT molecular complexity index is 398. The second-order valence-electron chi connectivity index (χ2n) is 3.68. The van der Waals surface area contributed by atoms with Gasteiger partial charge in [0, 0.05) is 16.4 Å². The van der Waals surface area contributed by atoms with E-state index in [-0.39, 0.29) is 11.9 Å². The van der Waals surface area contributed by atoms with Gasteiger partial charge in [-0.2, -0.15) is 0 Å². The van der Waals surface area contributed by atoms with Crippen molar-refractivity contribution in [3.05, 3.63) is 33.3 Å². The van der Waals surface area contributed by atoms with Crippen LogP contribution in [0.3, 0.4) is 0 Å². The summed E-state index contributed by atoms with van der Waals surface area (Å²) in [5, 5.41) is 3.37. The normalized spacial score (nSPS) is 12.2. The van der Waals surface area contributed by atoms with Crippen molar-refractivity contribution < 1.29 is 4.79 Å². The molecular weight excluding hydrogens is 325 g/mol. The topological polar surface area (TPSA) is 29.1 Å². The molecule has 1 atom stereocenters. The average molecular weight is 339 g/mol. The molecule has 1 rings (SSSR count). The molecule has 5 heteroatoms. The molecule has 17 heavy (non-hydrogen) atoms. The molecule has 0 fully saturated rings. The van der Waals surface area contributed by atoms with Gasteiger partial charge in [-0.25, -0.2) is 0 Å². The lowest BCUT2D eigenvalue weighted by Crippen LogP contribution is -2.34. The molecule has 1 amide bonds.